The summed E-state index contributed by atoms with van der Waals surface area (Å²) in [4.78, 5) is 9.33. The molecule has 1 aromatic carbocycles. The topological polar surface area (TPSA) is 95.2 Å². The van der Waals surface area contributed by atoms with E-state index in [2.05, 4.69) is 0 Å². The zero-order valence-corrected chi connectivity index (χ0v) is 7.21. The molecule has 0 aliphatic carbocycles. The molecule has 0 bridgehead atoms. The van der Waals surface area contributed by atoms with Gasteiger partial charge in [0.2, 0.25) is 0 Å². The first kappa shape index (κ1) is 11.1. The third-order valence-corrected chi connectivity index (χ3v) is 1.70. The Morgan fingerprint density at radius 1 is 1.20 bits per heavy atom. The van der Waals surface area contributed by atoms with Crippen molar-refractivity contribution in [1.29, 1.82) is 0 Å². The second kappa shape index (κ2) is 3.30. The van der Waals surface area contributed by atoms with Gasteiger partial charge in [-0.3, -0.25) is 10.1 Å². The molecule has 8 heteroatoms. The number of benzene rings is 1. The molecule has 0 aromatic heterocycles. The molecule has 82 valence electrons. The predicted octanol–water partition coefficient (Wildman–Crippen LogP) is 1.78. The van der Waals surface area contributed by atoms with Crippen LogP contribution in [0.15, 0.2) is 12.1 Å². The van der Waals surface area contributed by atoms with E-state index >= 15 is 0 Å². The maximum Gasteiger partial charge on any atom is 0.418 e. The van der Waals surface area contributed by atoms with Crippen LogP contribution in [0.1, 0.15) is 5.56 Å². The molecule has 0 atom stereocenters. The zero-order chi connectivity index (χ0) is 11.8. The highest BCUT2D eigenvalue weighted by molar-refractivity contribution is 5.68. The number of nitro groups is 1. The Kier molecular flexibility index (Phi) is 2.44. The van der Waals surface area contributed by atoms with E-state index in [0.717, 1.165) is 6.07 Å². The van der Waals surface area contributed by atoms with Crippen LogP contribution in [0.2, 0.25) is 0 Å². The van der Waals surface area contributed by atoms with Crippen LogP contribution >= 0.6 is 0 Å². The van der Waals surface area contributed by atoms with Gasteiger partial charge in [0, 0.05) is 11.8 Å². The number of halogens is 3. The Morgan fingerprint density at radius 3 is 2.13 bits per heavy atom. The smallest absolute Gasteiger partial charge is 0.398 e. The molecule has 1 aromatic rings. The van der Waals surface area contributed by atoms with Crippen LogP contribution < -0.4 is 11.5 Å². The van der Waals surface area contributed by atoms with Crippen LogP contribution in [0.4, 0.5) is 30.2 Å². The average molecular weight is 221 g/mol. The zero-order valence-electron chi connectivity index (χ0n) is 7.21. The molecule has 0 radical (unpaired) electrons. The summed E-state index contributed by atoms with van der Waals surface area (Å²) in [6.45, 7) is 0. The first-order valence-electron chi connectivity index (χ1n) is 3.64. The summed E-state index contributed by atoms with van der Waals surface area (Å²) in [5.74, 6) is 0. The summed E-state index contributed by atoms with van der Waals surface area (Å²) in [5, 5.41) is 10.3. The molecule has 5 nitrogen and oxygen atoms in total. The molecule has 0 amide bonds. The monoisotopic (exact) mass is 221 g/mol. The Hall–Kier alpha value is -1.99. The van der Waals surface area contributed by atoms with Crippen molar-refractivity contribution in [3.05, 3.63) is 27.8 Å². The standard InChI is InChI=1S/C7H6F3N3O2/c8-7(9,10)3-1-6(13(14)15)5(12)2-4(3)11/h1-2H,11-12H2. The SMILES string of the molecule is Nc1cc(N)c(C(F)(F)F)cc1[N+](=O)[O-]. The summed E-state index contributed by atoms with van der Waals surface area (Å²) in [5.41, 5.74) is 7.10. The van der Waals surface area contributed by atoms with E-state index < -0.39 is 33.7 Å². The van der Waals surface area contributed by atoms with E-state index in [4.69, 9.17) is 11.5 Å². The molecule has 0 heterocycles. The van der Waals surface area contributed by atoms with Gasteiger partial charge in [-0.05, 0) is 6.07 Å². The fourth-order valence-electron chi connectivity index (χ4n) is 1.03. The molecule has 0 unspecified atom stereocenters. The van der Waals surface area contributed by atoms with Crippen molar-refractivity contribution in [3.8, 4) is 0 Å². The summed E-state index contributed by atoms with van der Waals surface area (Å²) < 4.78 is 36.8. The van der Waals surface area contributed by atoms with Gasteiger partial charge in [0.05, 0.1) is 10.5 Å². The number of alkyl halides is 3. The van der Waals surface area contributed by atoms with Crippen molar-refractivity contribution < 1.29 is 18.1 Å². The summed E-state index contributed by atoms with van der Waals surface area (Å²) >= 11 is 0. The Bertz CT molecular complexity index is 417. The van der Waals surface area contributed by atoms with Gasteiger partial charge >= 0.3 is 6.18 Å². The molecule has 4 N–H and O–H groups in total. The Morgan fingerprint density at radius 2 is 1.73 bits per heavy atom. The number of hydrogen-bond acceptors (Lipinski definition) is 4. The first-order valence-corrected chi connectivity index (χ1v) is 3.64. The van der Waals surface area contributed by atoms with Crippen molar-refractivity contribution in [1.82, 2.24) is 0 Å². The lowest BCUT2D eigenvalue weighted by Crippen LogP contribution is -2.10. The minimum absolute atomic E-state index is 0.324. The lowest BCUT2D eigenvalue weighted by Gasteiger charge is -2.10. The van der Waals surface area contributed by atoms with E-state index in [1.807, 2.05) is 0 Å². The van der Waals surface area contributed by atoms with Gasteiger partial charge in [-0.25, -0.2) is 0 Å². The maximum atomic E-state index is 12.3. The third kappa shape index (κ3) is 2.09. The van der Waals surface area contributed by atoms with E-state index in [1.165, 1.54) is 0 Å². The van der Waals surface area contributed by atoms with Crippen LogP contribution in [-0.2, 0) is 6.18 Å². The Labute approximate surface area is 81.6 Å². The van der Waals surface area contributed by atoms with Crippen molar-refractivity contribution in [2.75, 3.05) is 11.5 Å². The summed E-state index contributed by atoms with van der Waals surface area (Å²) in [6.07, 6.45) is -4.73. The molecule has 0 aliphatic heterocycles. The Balaban J connectivity index is 3.43. The van der Waals surface area contributed by atoms with Crippen molar-refractivity contribution in [2.24, 2.45) is 0 Å². The van der Waals surface area contributed by atoms with Gasteiger partial charge in [-0.15, -0.1) is 0 Å². The van der Waals surface area contributed by atoms with Gasteiger partial charge in [0.15, 0.2) is 0 Å². The van der Waals surface area contributed by atoms with E-state index in [1.54, 1.807) is 0 Å². The predicted molar refractivity (Wildman–Crippen MR) is 46.9 cm³/mol. The van der Waals surface area contributed by atoms with Crippen molar-refractivity contribution >= 4 is 17.1 Å². The van der Waals surface area contributed by atoms with E-state index in [-0.39, 0.29) is 0 Å². The number of nitro benzene ring substituents is 1. The normalized spacial score (nSPS) is 11.4. The molecule has 0 aliphatic rings. The summed E-state index contributed by atoms with van der Waals surface area (Å²) in [6, 6.07) is 1.05. The molecular formula is C7H6F3N3O2. The molecular weight excluding hydrogens is 215 g/mol. The minimum Gasteiger partial charge on any atom is -0.398 e. The average Bonchev–Trinajstić information content (AvgIpc) is 2.00. The van der Waals surface area contributed by atoms with Gasteiger partial charge in [0.25, 0.3) is 5.69 Å². The second-order valence-corrected chi connectivity index (χ2v) is 2.75. The number of anilines is 2. The number of nitrogen functional groups attached to an aromatic ring is 2. The van der Waals surface area contributed by atoms with Crippen LogP contribution in [-0.4, -0.2) is 4.92 Å². The van der Waals surface area contributed by atoms with Crippen LogP contribution in [0.3, 0.4) is 0 Å². The van der Waals surface area contributed by atoms with Gasteiger partial charge in [0.1, 0.15) is 5.69 Å². The van der Waals surface area contributed by atoms with Gasteiger partial charge < -0.3 is 11.5 Å². The fraction of sp³-hybridized carbons (Fsp3) is 0.143. The lowest BCUT2D eigenvalue weighted by atomic mass is 10.1. The fourth-order valence-corrected chi connectivity index (χ4v) is 1.03. The quantitative estimate of drug-likeness (QED) is 0.429. The van der Waals surface area contributed by atoms with Crippen molar-refractivity contribution in [2.45, 2.75) is 6.18 Å². The molecule has 0 saturated carbocycles. The van der Waals surface area contributed by atoms with Gasteiger partial charge in [-0.1, -0.05) is 0 Å². The molecule has 1 rings (SSSR count). The second-order valence-electron chi connectivity index (χ2n) is 2.75. The molecule has 15 heavy (non-hydrogen) atoms. The highest BCUT2D eigenvalue weighted by Gasteiger charge is 2.35. The molecule has 0 saturated heterocycles. The van der Waals surface area contributed by atoms with Crippen LogP contribution in [0.25, 0.3) is 0 Å². The highest BCUT2D eigenvalue weighted by atomic mass is 19.4. The third-order valence-electron chi connectivity index (χ3n) is 1.70. The van der Waals surface area contributed by atoms with Gasteiger partial charge in [-0.2, -0.15) is 13.2 Å². The van der Waals surface area contributed by atoms with Crippen molar-refractivity contribution in [3.63, 3.8) is 0 Å². The van der Waals surface area contributed by atoms with Crippen LogP contribution in [0.5, 0.6) is 0 Å². The number of hydrogen-bond donors (Lipinski definition) is 2. The number of rotatable bonds is 1. The van der Waals surface area contributed by atoms with Crippen LogP contribution in [0, 0.1) is 10.1 Å². The molecule has 0 fully saturated rings. The maximum absolute atomic E-state index is 12.3. The molecule has 0 spiro atoms. The summed E-state index contributed by atoms with van der Waals surface area (Å²) in [7, 11) is 0. The van der Waals surface area contributed by atoms with E-state index in [9.17, 15) is 23.3 Å². The lowest BCUT2D eigenvalue weighted by molar-refractivity contribution is -0.384. The number of nitrogens with zero attached hydrogens (tertiary/aromatic N) is 1. The first-order chi connectivity index (χ1) is 6.73. The highest BCUT2D eigenvalue weighted by Crippen LogP contribution is 2.38. The minimum atomic E-state index is -4.73. The largest absolute Gasteiger partial charge is 0.418 e. The van der Waals surface area contributed by atoms with E-state index in [0.29, 0.717) is 6.07 Å². The number of nitrogens with two attached hydrogens (primary N) is 2.